The number of nitrogens with one attached hydrogen (secondary N) is 2. The van der Waals surface area contributed by atoms with Gasteiger partial charge in [-0.25, -0.2) is 0 Å². The topological polar surface area (TPSA) is 53.0 Å². The van der Waals surface area contributed by atoms with Crippen LogP contribution >= 0.6 is 0 Å². The van der Waals surface area contributed by atoms with E-state index in [-0.39, 0.29) is 5.91 Å². The summed E-state index contributed by atoms with van der Waals surface area (Å²) in [6, 6.07) is 0. The molecule has 0 bridgehead atoms. The average Bonchev–Trinajstić information content (AvgIpc) is 1.99. The minimum Gasteiger partial charge on any atom is -0.355 e. The van der Waals surface area contributed by atoms with Gasteiger partial charge in [0.05, 0.1) is 0 Å². The largest absolute Gasteiger partial charge is 0.355 e. The Bertz CT molecular complexity index is 182. The van der Waals surface area contributed by atoms with Gasteiger partial charge >= 0.3 is 0 Å². The minimum absolute atomic E-state index is 0.224. The standard InChI is InChI=1S/C7H10N2O/c1-3-6(4-5-8)7(10)9-2/h3-5,8H,1H2,2H3,(H,9,10)/b6-4+,8-5?. The van der Waals surface area contributed by atoms with Gasteiger partial charge in [0, 0.05) is 18.8 Å². The molecule has 0 atom stereocenters. The van der Waals surface area contributed by atoms with Gasteiger partial charge < -0.3 is 10.7 Å². The van der Waals surface area contributed by atoms with Crippen molar-refractivity contribution in [3.05, 3.63) is 24.3 Å². The molecule has 0 aliphatic rings. The fourth-order valence-corrected chi connectivity index (χ4v) is 0.471. The van der Waals surface area contributed by atoms with Crippen molar-refractivity contribution in [2.45, 2.75) is 0 Å². The van der Waals surface area contributed by atoms with Gasteiger partial charge in [0.25, 0.3) is 5.91 Å². The average molecular weight is 138 g/mol. The van der Waals surface area contributed by atoms with Gasteiger partial charge in [0.15, 0.2) is 0 Å². The first-order chi connectivity index (χ1) is 4.76. The van der Waals surface area contributed by atoms with Crippen LogP contribution in [0.1, 0.15) is 0 Å². The molecule has 1 amide bonds. The van der Waals surface area contributed by atoms with Crippen molar-refractivity contribution in [1.82, 2.24) is 5.32 Å². The van der Waals surface area contributed by atoms with E-state index in [2.05, 4.69) is 11.9 Å². The molecule has 0 aliphatic heterocycles. The monoisotopic (exact) mass is 138 g/mol. The third kappa shape index (κ3) is 2.26. The molecule has 0 radical (unpaired) electrons. The van der Waals surface area contributed by atoms with Crippen LogP contribution in [0.3, 0.4) is 0 Å². The molecule has 0 rings (SSSR count). The van der Waals surface area contributed by atoms with Crippen molar-refractivity contribution in [3.63, 3.8) is 0 Å². The molecule has 0 unspecified atom stereocenters. The zero-order valence-electron chi connectivity index (χ0n) is 5.85. The maximum Gasteiger partial charge on any atom is 0.251 e. The zero-order chi connectivity index (χ0) is 7.98. The highest BCUT2D eigenvalue weighted by molar-refractivity contribution is 5.99. The maximum atomic E-state index is 10.8. The molecule has 0 spiro atoms. The van der Waals surface area contributed by atoms with Gasteiger partial charge in [0.1, 0.15) is 0 Å². The number of amides is 1. The fourth-order valence-electron chi connectivity index (χ4n) is 0.471. The molecule has 54 valence electrons. The summed E-state index contributed by atoms with van der Waals surface area (Å²) in [4.78, 5) is 10.8. The quantitative estimate of drug-likeness (QED) is 0.333. The number of likely N-dealkylation sites (N-methyl/N-ethyl adjacent to an activating group) is 1. The van der Waals surface area contributed by atoms with E-state index in [4.69, 9.17) is 5.41 Å². The smallest absolute Gasteiger partial charge is 0.251 e. The Morgan fingerprint density at radius 2 is 2.30 bits per heavy atom. The second-order valence-electron chi connectivity index (χ2n) is 1.57. The van der Waals surface area contributed by atoms with Crippen LogP contribution in [0, 0.1) is 5.41 Å². The molecular weight excluding hydrogens is 128 g/mol. The molecule has 0 saturated carbocycles. The number of hydrogen-bond acceptors (Lipinski definition) is 2. The minimum atomic E-state index is -0.224. The van der Waals surface area contributed by atoms with Crippen LogP contribution in [0.15, 0.2) is 24.3 Å². The third-order valence-corrected chi connectivity index (χ3v) is 0.972. The Morgan fingerprint density at radius 3 is 2.60 bits per heavy atom. The van der Waals surface area contributed by atoms with Crippen LogP contribution in [0.5, 0.6) is 0 Å². The van der Waals surface area contributed by atoms with Crippen molar-refractivity contribution >= 4 is 12.1 Å². The predicted molar refractivity (Wildman–Crippen MR) is 41.1 cm³/mol. The van der Waals surface area contributed by atoms with E-state index in [0.29, 0.717) is 5.57 Å². The van der Waals surface area contributed by atoms with Crippen molar-refractivity contribution in [3.8, 4) is 0 Å². The van der Waals surface area contributed by atoms with E-state index in [1.165, 1.54) is 19.2 Å². The van der Waals surface area contributed by atoms with E-state index in [0.717, 1.165) is 6.21 Å². The number of hydrogen-bond donors (Lipinski definition) is 2. The van der Waals surface area contributed by atoms with E-state index >= 15 is 0 Å². The van der Waals surface area contributed by atoms with Gasteiger partial charge in [0.2, 0.25) is 0 Å². The molecular formula is C7H10N2O. The molecule has 0 aromatic rings. The maximum absolute atomic E-state index is 10.8. The third-order valence-electron chi connectivity index (χ3n) is 0.972. The van der Waals surface area contributed by atoms with Crippen molar-refractivity contribution in [1.29, 1.82) is 5.41 Å². The van der Waals surface area contributed by atoms with Gasteiger partial charge in [-0.2, -0.15) is 0 Å². The normalized spacial score (nSPS) is 10.3. The second-order valence-corrected chi connectivity index (χ2v) is 1.57. The number of allylic oxidation sites excluding steroid dienone is 1. The first kappa shape index (κ1) is 8.62. The van der Waals surface area contributed by atoms with Crippen LogP contribution in [-0.2, 0) is 4.79 Å². The Labute approximate surface area is 59.9 Å². The van der Waals surface area contributed by atoms with Crippen LogP contribution in [0.2, 0.25) is 0 Å². The SMILES string of the molecule is C=C/C(=C\C=N)C(=O)NC. The summed E-state index contributed by atoms with van der Waals surface area (Å²) < 4.78 is 0. The Hall–Kier alpha value is -1.38. The predicted octanol–water partition coefficient (Wildman–Crippen LogP) is 0.494. The lowest BCUT2D eigenvalue weighted by atomic mass is 10.2. The van der Waals surface area contributed by atoms with E-state index in [1.54, 1.807) is 0 Å². The zero-order valence-corrected chi connectivity index (χ0v) is 5.85. The van der Waals surface area contributed by atoms with E-state index in [1.807, 2.05) is 0 Å². The molecule has 0 fully saturated rings. The van der Waals surface area contributed by atoms with Crippen molar-refractivity contribution < 1.29 is 4.79 Å². The first-order valence-corrected chi connectivity index (χ1v) is 2.81. The molecule has 3 heteroatoms. The summed E-state index contributed by atoms with van der Waals surface area (Å²) in [5.41, 5.74) is 0.400. The van der Waals surface area contributed by atoms with Crippen molar-refractivity contribution in [2.24, 2.45) is 0 Å². The first-order valence-electron chi connectivity index (χ1n) is 2.81. The van der Waals surface area contributed by atoms with Gasteiger partial charge in [-0.15, -0.1) is 0 Å². The number of carbonyl (C=O) groups excluding carboxylic acids is 1. The summed E-state index contributed by atoms with van der Waals surface area (Å²) >= 11 is 0. The van der Waals surface area contributed by atoms with E-state index < -0.39 is 0 Å². The molecule has 10 heavy (non-hydrogen) atoms. The highest BCUT2D eigenvalue weighted by Gasteiger charge is 1.99. The van der Waals surface area contributed by atoms with Gasteiger partial charge in [-0.05, 0) is 6.08 Å². The molecule has 0 aromatic carbocycles. The lowest BCUT2D eigenvalue weighted by Gasteiger charge is -1.96. The highest BCUT2D eigenvalue weighted by Crippen LogP contribution is 1.92. The molecule has 0 aromatic heterocycles. The summed E-state index contributed by atoms with van der Waals surface area (Å²) in [7, 11) is 1.53. The summed E-state index contributed by atoms with van der Waals surface area (Å²) in [6.45, 7) is 3.42. The summed E-state index contributed by atoms with van der Waals surface area (Å²) in [5.74, 6) is -0.224. The molecule has 0 aliphatic carbocycles. The number of rotatable bonds is 3. The molecule has 0 heterocycles. The molecule has 3 nitrogen and oxygen atoms in total. The van der Waals surface area contributed by atoms with E-state index in [9.17, 15) is 4.79 Å². The lowest BCUT2D eigenvalue weighted by Crippen LogP contribution is -2.18. The van der Waals surface area contributed by atoms with Gasteiger partial charge in [-0.3, -0.25) is 4.79 Å². The summed E-state index contributed by atoms with van der Waals surface area (Å²) in [5, 5.41) is 9.09. The van der Waals surface area contributed by atoms with Crippen LogP contribution in [0.25, 0.3) is 0 Å². The van der Waals surface area contributed by atoms with Gasteiger partial charge in [-0.1, -0.05) is 12.7 Å². The summed E-state index contributed by atoms with van der Waals surface area (Å²) in [6.07, 6.45) is 3.84. The highest BCUT2D eigenvalue weighted by atomic mass is 16.1. The molecule has 2 N–H and O–H groups in total. The number of carbonyl (C=O) groups is 1. The van der Waals surface area contributed by atoms with Crippen LogP contribution in [-0.4, -0.2) is 19.2 Å². The Kier molecular flexibility index (Phi) is 3.87. The van der Waals surface area contributed by atoms with Crippen LogP contribution in [0.4, 0.5) is 0 Å². The van der Waals surface area contributed by atoms with Crippen LogP contribution < -0.4 is 5.32 Å². The fraction of sp³-hybridized carbons (Fsp3) is 0.143. The van der Waals surface area contributed by atoms with Crippen molar-refractivity contribution in [2.75, 3.05) is 7.05 Å². The second kappa shape index (κ2) is 4.49. The Balaban J connectivity index is 4.34. The lowest BCUT2D eigenvalue weighted by molar-refractivity contribution is -0.116. The molecule has 0 saturated heterocycles. The Morgan fingerprint density at radius 1 is 1.70 bits per heavy atom.